The SMILES string of the molecule is CCCN(CC)CCNC(=O)CC1CCNCC1.Cl.Cl. The van der Waals surface area contributed by atoms with E-state index in [4.69, 9.17) is 0 Å². The van der Waals surface area contributed by atoms with Crippen LogP contribution in [0.5, 0.6) is 0 Å². The monoisotopic (exact) mass is 327 g/mol. The quantitative estimate of drug-likeness (QED) is 0.717. The van der Waals surface area contributed by atoms with Crippen LogP contribution in [-0.2, 0) is 4.79 Å². The molecule has 20 heavy (non-hydrogen) atoms. The second-order valence-corrected chi connectivity index (χ2v) is 5.18. The number of amides is 1. The van der Waals surface area contributed by atoms with E-state index in [2.05, 4.69) is 29.4 Å². The Morgan fingerprint density at radius 3 is 2.40 bits per heavy atom. The lowest BCUT2D eigenvalue weighted by Crippen LogP contribution is -2.37. The van der Waals surface area contributed by atoms with Crippen LogP contribution >= 0.6 is 24.8 Å². The van der Waals surface area contributed by atoms with Gasteiger partial charge in [0.05, 0.1) is 0 Å². The van der Waals surface area contributed by atoms with Gasteiger partial charge in [-0.1, -0.05) is 13.8 Å². The van der Waals surface area contributed by atoms with Crippen LogP contribution in [0.1, 0.15) is 39.5 Å². The minimum Gasteiger partial charge on any atom is -0.355 e. The number of piperidine rings is 1. The summed E-state index contributed by atoms with van der Waals surface area (Å²) in [6, 6.07) is 0. The van der Waals surface area contributed by atoms with E-state index in [0.717, 1.165) is 52.1 Å². The van der Waals surface area contributed by atoms with Crippen LogP contribution in [0.15, 0.2) is 0 Å². The number of nitrogens with one attached hydrogen (secondary N) is 2. The molecule has 0 aliphatic carbocycles. The smallest absolute Gasteiger partial charge is 0.220 e. The maximum atomic E-state index is 11.8. The largest absolute Gasteiger partial charge is 0.355 e. The maximum absolute atomic E-state index is 11.8. The van der Waals surface area contributed by atoms with Crippen molar-refractivity contribution in [3.8, 4) is 0 Å². The fourth-order valence-electron chi connectivity index (χ4n) is 2.52. The van der Waals surface area contributed by atoms with Crippen molar-refractivity contribution >= 4 is 30.7 Å². The third kappa shape index (κ3) is 9.81. The van der Waals surface area contributed by atoms with E-state index >= 15 is 0 Å². The number of hydrogen-bond acceptors (Lipinski definition) is 3. The zero-order valence-electron chi connectivity index (χ0n) is 12.8. The van der Waals surface area contributed by atoms with Gasteiger partial charge in [0.2, 0.25) is 5.91 Å². The number of halogens is 2. The lowest BCUT2D eigenvalue weighted by molar-refractivity contribution is -0.122. The van der Waals surface area contributed by atoms with Gasteiger partial charge in [-0.2, -0.15) is 0 Å². The van der Waals surface area contributed by atoms with Crippen LogP contribution in [0, 0.1) is 5.92 Å². The Labute approximate surface area is 136 Å². The van der Waals surface area contributed by atoms with Crippen molar-refractivity contribution in [1.82, 2.24) is 15.5 Å². The molecule has 0 saturated carbocycles. The van der Waals surface area contributed by atoms with Crippen molar-refractivity contribution in [3.63, 3.8) is 0 Å². The highest BCUT2D eigenvalue weighted by atomic mass is 35.5. The highest BCUT2D eigenvalue weighted by molar-refractivity contribution is 5.85. The highest BCUT2D eigenvalue weighted by Gasteiger charge is 2.16. The summed E-state index contributed by atoms with van der Waals surface area (Å²) >= 11 is 0. The molecule has 1 aliphatic rings. The summed E-state index contributed by atoms with van der Waals surface area (Å²) in [6.45, 7) is 10.5. The molecule has 1 fully saturated rings. The Hall–Kier alpha value is -0.0300. The lowest BCUT2D eigenvalue weighted by atomic mass is 9.94. The standard InChI is InChI=1S/C14H29N3O.2ClH/c1-3-10-17(4-2)11-9-16-14(18)12-13-5-7-15-8-6-13;;/h13,15H,3-12H2,1-2H3,(H,16,18);2*1H. The Morgan fingerprint density at radius 2 is 1.85 bits per heavy atom. The summed E-state index contributed by atoms with van der Waals surface area (Å²) in [5.74, 6) is 0.818. The molecule has 0 atom stereocenters. The molecule has 6 heteroatoms. The van der Waals surface area contributed by atoms with Crippen molar-refractivity contribution in [2.45, 2.75) is 39.5 Å². The van der Waals surface area contributed by atoms with E-state index in [1.807, 2.05) is 0 Å². The van der Waals surface area contributed by atoms with Gasteiger partial charge in [-0.25, -0.2) is 0 Å². The second-order valence-electron chi connectivity index (χ2n) is 5.18. The number of nitrogens with zero attached hydrogens (tertiary/aromatic N) is 1. The third-order valence-electron chi connectivity index (χ3n) is 3.67. The van der Waals surface area contributed by atoms with Crippen LogP contribution < -0.4 is 10.6 Å². The van der Waals surface area contributed by atoms with Gasteiger partial charge in [0.15, 0.2) is 0 Å². The molecule has 0 aromatic rings. The summed E-state index contributed by atoms with van der Waals surface area (Å²) in [5, 5.41) is 6.38. The number of carbonyl (C=O) groups is 1. The van der Waals surface area contributed by atoms with Gasteiger partial charge in [0.25, 0.3) is 0 Å². The number of carbonyl (C=O) groups excluding carboxylic acids is 1. The van der Waals surface area contributed by atoms with E-state index in [9.17, 15) is 4.79 Å². The summed E-state index contributed by atoms with van der Waals surface area (Å²) < 4.78 is 0. The van der Waals surface area contributed by atoms with Crippen LogP contribution in [0.25, 0.3) is 0 Å². The first-order valence-electron chi connectivity index (χ1n) is 7.46. The van der Waals surface area contributed by atoms with E-state index < -0.39 is 0 Å². The molecular weight excluding hydrogens is 297 g/mol. The Morgan fingerprint density at radius 1 is 1.20 bits per heavy atom. The molecule has 122 valence electrons. The van der Waals surface area contributed by atoms with Crippen LogP contribution in [0.4, 0.5) is 0 Å². The Kier molecular flexibility index (Phi) is 15.5. The van der Waals surface area contributed by atoms with Crippen molar-refractivity contribution in [2.24, 2.45) is 5.92 Å². The van der Waals surface area contributed by atoms with Crippen molar-refractivity contribution in [3.05, 3.63) is 0 Å². The van der Waals surface area contributed by atoms with Gasteiger partial charge in [-0.15, -0.1) is 24.8 Å². The summed E-state index contributed by atoms with van der Waals surface area (Å²) in [5.41, 5.74) is 0. The summed E-state index contributed by atoms with van der Waals surface area (Å²) in [4.78, 5) is 14.2. The van der Waals surface area contributed by atoms with E-state index in [-0.39, 0.29) is 30.7 Å². The number of likely N-dealkylation sites (N-methyl/N-ethyl adjacent to an activating group) is 1. The Balaban J connectivity index is 0. The van der Waals surface area contributed by atoms with Gasteiger partial charge in [-0.3, -0.25) is 4.79 Å². The van der Waals surface area contributed by atoms with Crippen LogP contribution in [-0.4, -0.2) is 50.1 Å². The normalized spacial score (nSPS) is 15.3. The molecule has 1 heterocycles. The highest BCUT2D eigenvalue weighted by Crippen LogP contribution is 2.15. The van der Waals surface area contributed by atoms with E-state index in [1.54, 1.807) is 0 Å². The first-order valence-corrected chi connectivity index (χ1v) is 7.46. The summed E-state index contributed by atoms with van der Waals surface area (Å²) in [7, 11) is 0. The first kappa shape index (κ1) is 22.3. The minimum absolute atomic E-state index is 0. The van der Waals surface area contributed by atoms with Gasteiger partial charge >= 0.3 is 0 Å². The zero-order chi connectivity index (χ0) is 13.2. The molecule has 1 saturated heterocycles. The molecule has 0 aromatic carbocycles. The van der Waals surface area contributed by atoms with Crippen molar-refractivity contribution < 1.29 is 4.79 Å². The predicted molar refractivity (Wildman–Crippen MR) is 90.1 cm³/mol. The molecule has 0 spiro atoms. The molecule has 1 rings (SSSR count). The zero-order valence-corrected chi connectivity index (χ0v) is 14.5. The van der Waals surface area contributed by atoms with Gasteiger partial charge in [0, 0.05) is 19.5 Å². The number of hydrogen-bond donors (Lipinski definition) is 2. The minimum atomic E-state index is 0. The van der Waals surface area contributed by atoms with E-state index in [0.29, 0.717) is 12.3 Å². The average Bonchev–Trinajstić information content (AvgIpc) is 2.39. The van der Waals surface area contributed by atoms with Gasteiger partial charge in [-0.05, 0) is 51.4 Å². The topological polar surface area (TPSA) is 44.4 Å². The molecule has 0 radical (unpaired) electrons. The van der Waals surface area contributed by atoms with Gasteiger partial charge in [0.1, 0.15) is 0 Å². The molecule has 1 amide bonds. The van der Waals surface area contributed by atoms with Crippen molar-refractivity contribution in [1.29, 1.82) is 0 Å². The predicted octanol–water partition coefficient (Wildman–Crippen LogP) is 2.07. The molecule has 0 bridgehead atoms. The fourth-order valence-corrected chi connectivity index (χ4v) is 2.52. The molecular formula is C14H31Cl2N3O. The first-order chi connectivity index (χ1) is 8.76. The molecule has 4 nitrogen and oxygen atoms in total. The second kappa shape index (κ2) is 13.9. The average molecular weight is 328 g/mol. The van der Waals surface area contributed by atoms with Crippen molar-refractivity contribution in [2.75, 3.05) is 39.3 Å². The lowest BCUT2D eigenvalue weighted by Gasteiger charge is -2.23. The fraction of sp³-hybridized carbons (Fsp3) is 0.929. The molecule has 0 aromatic heterocycles. The van der Waals surface area contributed by atoms with E-state index in [1.165, 1.54) is 6.42 Å². The van der Waals surface area contributed by atoms with Crippen LogP contribution in [0.3, 0.4) is 0 Å². The number of rotatable bonds is 8. The maximum Gasteiger partial charge on any atom is 0.220 e. The van der Waals surface area contributed by atoms with Gasteiger partial charge < -0.3 is 15.5 Å². The Bertz CT molecular complexity index is 236. The van der Waals surface area contributed by atoms with Crippen LogP contribution in [0.2, 0.25) is 0 Å². The molecule has 2 N–H and O–H groups in total. The molecule has 1 aliphatic heterocycles. The molecule has 0 unspecified atom stereocenters. The summed E-state index contributed by atoms with van der Waals surface area (Å²) in [6.07, 6.45) is 4.17. The third-order valence-corrected chi connectivity index (χ3v) is 3.67.